The van der Waals surface area contributed by atoms with E-state index in [-0.39, 0.29) is 11.7 Å². The van der Waals surface area contributed by atoms with Crippen LogP contribution >= 0.6 is 11.8 Å². The smallest absolute Gasteiger partial charge is 0.268 e. The second-order valence-corrected chi connectivity index (χ2v) is 6.88. The lowest BCUT2D eigenvalue weighted by atomic mass is 10.2. The predicted molar refractivity (Wildman–Crippen MR) is 109 cm³/mol. The third-order valence-corrected chi connectivity index (χ3v) is 4.94. The molecule has 0 unspecified atom stereocenters. The van der Waals surface area contributed by atoms with E-state index in [1.807, 2.05) is 60.7 Å². The highest BCUT2D eigenvalue weighted by Crippen LogP contribution is 2.37. The molecule has 27 heavy (non-hydrogen) atoms. The summed E-state index contributed by atoms with van der Waals surface area (Å²) in [4.78, 5) is 19.9. The molecule has 0 spiro atoms. The zero-order valence-corrected chi connectivity index (χ0v) is 15.1. The van der Waals surface area contributed by atoms with Gasteiger partial charge in [0.15, 0.2) is 5.17 Å². The third kappa shape index (κ3) is 3.83. The molecule has 1 heterocycles. The minimum atomic E-state index is -0.306. The lowest BCUT2D eigenvalue weighted by molar-refractivity contribution is -0.113. The highest BCUT2D eigenvalue weighted by atomic mass is 32.2. The number of amidine groups is 1. The first-order valence-electron chi connectivity index (χ1n) is 8.39. The van der Waals surface area contributed by atoms with E-state index in [1.54, 1.807) is 23.1 Å². The molecule has 0 bridgehead atoms. The molecule has 1 amide bonds. The first-order chi connectivity index (χ1) is 13.2. The number of hydrogen-bond acceptors (Lipinski definition) is 3. The van der Waals surface area contributed by atoms with Crippen molar-refractivity contribution >= 4 is 40.3 Å². The maximum Gasteiger partial charge on any atom is 0.271 e. The molecular weight excluding hydrogens is 359 g/mol. The highest BCUT2D eigenvalue weighted by Gasteiger charge is 2.34. The Morgan fingerprint density at radius 3 is 2.15 bits per heavy atom. The molecular formula is C22H15FN2OS. The van der Waals surface area contributed by atoms with E-state index in [2.05, 4.69) is 4.99 Å². The Labute approximate surface area is 160 Å². The minimum absolute atomic E-state index is 0.148. The fourth-order valence-corrected chi connectivity index (χ4v) is 3.68. The number of anilines is 1. The fourth-order valence-electron chi connectivity index (χ4n) is 2.68. The van der Waals surface area contributed by atoms with Crippen molar-refractivity contribution in [3.8, 4) is 0 Å². The largest absolute Gasteiger partial charge is 0.271 e. The van der Waals surface area contributed by atoms with Crippen LogP contribution in [0.5, 0.6) is 0 Å². The number of nitrogens with zero attached hydrogens (tertiary/aromatic N) is 2. The van der Waals surface area contributed by atoms with Gasteiger partial charge in [0.2, 0.25) is 0 Å². The number of hydrogen-bond donors (Lipinski definition) is 0. The van der Waals surface area contributed by atoms with Gasteiger partial charge in [-0.15, -0.1) is 0 Å². The quantitative estimate of drug-likeness (QED) is 0.556. The van der Waals surface area contributed by atoms with E-state index in [9.17, 15) is 9.18 Å². The van der Waals surface area contributed by atoms with Gasteiger partial charge in [-0.3, -0.25) is 9.69 Å². The lowest BCUT2D eigenvalue weighted by Gasteiger charge is -2.15. The van der Waals surface area contributed by atoms with Crippen LogP contribution in [-0.4, -0.2) is 11.1 Å². The number of amides is 1. The third-order valence-electron chi connectivity index (χ3n) is 3.97. The molecule has 0 aliphatic carbocycles. The molecule has 0 saturated carbocycles. The van der Waals surface area contributed by atoms with Crippen LogP contribution in [0.25, 0.3) is 6.08 Å². The molecule has 4 rings (SSSR count). The van der Waals surface area contributed by atoms with Crippen LogP contribution in [0.3, 0.4) is 0 Å². The van der Waals surface area contributed by atoms with Gasteiger partial charge in [-0.25, -0.2) is 9.38 Å². The van der Waals surface area contributed by atoms with E-state index >= 15 is 0 Å². The first kappa shape index (κ1) is 17.2. The molecule has 3 aromatic rings. The van der Waals surface area contributed by atoms with Crippen molar-refractivity contribution in [3.63, 3.8) is 0 Å². The zero-order chi connectivity index (χ0) is 18.6. The van der Waals surface area contributed by atoms with Gasteiger partial charge in [-0.2, -0.15) is 0 Å². The SMILES string of the molecule is O=C1/C(=C\c2ccc(F)cc2)SC(=Nc2ccccc2)N1c1ccccc1. The van der Waals surface area contributed by atoms with Gasteiger partial charge in [0, 0.05) is 0 Å². The van der Waals surface area contributed by atoms with E-state index in [0.29, 0.717) is 10.1 Å². The van der Waals surface area contributed by atoms with Gasteiger partial charge in [0.1, 0.15) is 5.82 Å². The number of aliphatic imine (C=N–C) groups is 1. The van der Waals surface area contributed by atoms with Crippen LogP contribution in [0.1, 0.15) is 5.56 Å². The van der Waals surface area contributed by atoms with Gasteiger partial charge in [-0.1, -0.05) is 48.5 Å². The van der Waals surface area contributed by atoms with Crippen molar-refractivity contribution in [2.45, 2.75) is 0 Å². The Kier molecular flexibility index (Phi) is 4.85. The molecule has 0 aromatic heterocycles. The minimum Gasteiger partial charge on any atom is -0.268 e. The number of halogens is 1. The second kappa shape index (κ2) is 7.60. The van der Waals surface area contributed by atoms with Gasteiger partial charge < -0.3 is 0 Å². The van der Waals surface area contributed by atoms with Crippen molar-refractivity contribution in [1.82, 2.24) is 0 Å². The van der Waals surface area contributed by atoms with Gasteiger partial charge >= 0.3 is 0 Å². The molecule has 1 saturated heterocycles. The average Bonchev–Trinajstić information content (AvgIpc) is 3.00. The molecule has 5 heteroatoms. The number of benzene rings is 3. The van der Waals surface area contributed by atoms with Crippen molar-refractivity contribution in [2.24, 2.45) is 4.99 Å². The van der Waals surface area contributed by atoms with E-state index in [1.165, 1.54) is 23.9 Å². The van der Waals surface area contributed by atoms with Gasteiger partial charge in [0.25, 0.3) is 5.91 Å². The molecule has 3 nitrogen and oxygen atoms in total. The normalized spacial score (nSPS) is 17.1. The van der Waals surface area contributed by atoms with Crippen LogP contribution in [0.4, 0.5) is 15.8 Å². The van der Waals surface area contributed by atoms with Crippen LogP contribution in [-0.2, 0) is 4.79 Å². The highest BCUT2D eigenvalue weighted by molar-refractivity contribution is 8.19. The molecule has 1 fully saturated rings. The predicted octanol–water partition coefficient (Wildman–Crippen LogP) is 5.63. The number of carbonyl (C=O) groups is 1. The summed E-state index contributed by atoms with van der Waals surface area (Å²) in [5.74, 6) is -0.454. The molecule has 0 atom stereocenters. The van der Waals surface area contributed by atoms with Crippen LogP contribution in [0.15, 0.2) is 94.8 Å². The summed E-state index contributed by atoms with van der Waals surface area (Å²) in [7, 11) is 0. The summed E-state index contributed by atoms with van der Waals surface area (Å²) in [6.45, 7) is 0. The second-order valence-electron chi connectivity index (χ2n) is 5.87. The van der Waals surface area contributed by atoms with Crippen LogP contribution < -0.4 is 4.90 Å². The molecule has 3 aromatic carbocycles. The summed E-state index contributed by atoms with van der Waals surface area (Å²) in [5, 5.41) is 0.589. The van der Waals surface area contributed by atoms with Gasteiger partial charge in [0.05, 0.1) is 16.3 Å². The van der Waals surface area contributed by atoms with Crippen molar-refractivity contribution in [1.29, 1.82) is 0 Å². The lowest BCUT2D eigenvalue weighted by Crippen LogP contribution is -2.28. The first-order valence-corrected chi connectivity index (χ1v) is 9.21. The monoisotopic (exact) mass is 374 g/mol. The Hall–Kier alpha value is -3.18. The Morgan fingerprint density at radius 2 is 1.48 bits per heavy atom. The van der Waals surface area contributed by atoms with Crippen molar-refractivity contribution < 1.29 is 9.18 Å². The number of rotatable bonds is 3. The Morgan fingerprint density at radius 1 is 0.852 bits per heavy atom. The maximum absolute atomic E-state index is 13.1. The fraction of sp³-hybridized carbons (Fsp3) is 0. The summed E-state index contributed by atoms with van der Waals surface area (Å²) < 4.78 is 13.1. The van der Waals surface area contributed by atoms with Gasteiger partial charge in [-0.05, 0) is 59.8 Å². The molecule has 1 aliphatic rings. The summed E-state index contributed by atoms with van der Waals surface area (Å²) in [6.07, 6.45) is 1.76. The molecule has 0 radical (unpaired) electrons. The van der Waals surface area contributed by atoms with E-state index in [0.717, 1.165) is 16.9 Å². The summed E-state index contributed by atoms with van der Waals surface area (Å²) in [5.41, 5.74) is 2.30. The van der Waals surface area contributed by atoms with E-state index < -0.39 is 0 Å². The summed E-state index contributed by atoms with van der Waals surface area (Å²) in [6, 6.07) is 25.0. The van der Waals surface area contributed by atoms with Crippen LogP contribution in [0, 0.1) is 5.82 Å². The standard InChI is InChI=1S/C22H15FN2OS/c23-17-13-11-16(12-14-17)15-20-21(26)25(19-9-5-2-6-10-19)22(27-20)24-18-7-3-1-4-8-18/h1-15H/b20-15+,24-22?. The molecule has 132 valence electrons. The van der Waals surface area contributed by atoms with Crippen molar-refractivity contribution in [3.05, 3.63) is 101 Å². The summed E-state index contributed by atoms with van der Waals surface area (Å²) >= 11 is 1.31. The Bertz CT molecular complexity index is 1020. The van der Waals surface area contributed by atoms with E-state index in [4.69, 9.17) is 0 Å². The maximum atomic E-state index is 13.1. The average molecular weight is 374 g/mol. The molecule has 1 aliphatic heterocycles. The molecule has 0 N–H and O–H groups in total. The number of para-hydroxylation sites is 2. The van der Waals surface area contributed by atoms with Crippen LogP contribution in [0.2, 0.25) is 0 Å². The zero-order valence-electron chi connectivity index (χ0n) is 14.2. The van der Waals surface area contributed by atoms with Crippen molar-refractivity contribution in [2.75, 3.05) is 4.90 Å². The Balaban J connectivity index is 1.76. The number of thioether (sulfide) groups is 1. The number of carbonyl (C=O) groups excluding carboxylic acids is 1. The topological polar surface area (TPSA) is 32.7 Å².